The van der Waals surface area contributed by atoms with Gasteiger partial charge < -0.3 is 21.7 Å². The van der Waals surface area contributed by atoms with Crippen molar-refractivity contribution < 1.29 is 14.4 Å². The predicted molar refractivity (Wildman–Crippen MR) is 113 cm³/mol. The van der Waals surface area contributed by atoms with Crippen LogP contribution in [0.2, 0.25) is 0 Å². The molecule has 3 amide bonds. The minimum absolute atomic E-state index is 0.164. The first kappa shape index (κ1) is 22.3. The molecule has 0 bridgehead atoms. The maximum absolute atomic E-state index is 12.7. The molecule has 0 radical (unpaired) electrons. The number of nitrogens with zero attached hydrogens (tertiary/aromatic N) is 1. The Morgan fingerprint density at radius 3 is 2.38 bits per heavy atom. The van der Waals surface area contributed by atoms with Crippen molar-refractivity contribution in [2.75, 3.05) is 5.32 Å². The zero-order chi connectivity index (χ0) is 21.6. The van der Waals surface area contributed by atoms with Crippen LogP contribution in [0, 0.1) is 5.92 Å². The van der Waals surface area contributed by atoms with Crippen molar-refractivity contribution in [1.82, 2.24) is 15.6 Å². The Labute approximate surface area is 170 Å². The molecule has 0 aliphatic carbocycles. The molecule has 8 heteroatoms. The van der Waals surface area contributed by atoms with Gasteiger partial charge in [0, 0.05) is 11.6 Å². The van der Waals surface area contributed by atoms with Crippen LogP contribution in [-0.2, 0) is 14.4 Å². The van der Waals surface area contributed by atoms with Crippen LogP contribution < -0.4 is 21.7 Å². The minimum atomic E-state index is -0.799. The molecule has 29 heavy (non-hydrogen) atoms. The van der Waals surface area contributed by atoms with Gasteiger partial charge in [-0.3, -0.25) is 19.4 Å². The predicted octanol–water partition coefficient (Wildman–Crippen LogP) is 1.56. The number of hydrogen-bond acceptors (Lipinski definition) is 5. The SMILES string of the molecule is CC[C@H](N)C(=O)N[C@H](C(=O)N[C@@H](C)C(=O)Nc1cccc2ncccc12)C(C)C. The number of fused-ring (bicyclic) bond motifs is 1. The van der Waals surface area contributed by atoms with Gasteiger partial charge in [0.2, 0.25) is 17.7 Å². The second-order valence-corrected chi connectivity index (χ2v) is 7.34. The molecule has 8 nitrogen and oxygen atoms in total. The summed E-state index contributed by atoms with van der Waals surface area (Å²) in [5.74, 6) is -1.35. The summed E-state index contributed by atoms with van der Waals surface area (Å²) in [6.45, 7) is 7.02. The lowest BCUT2D eigenvalue weighted by Gasteiger charge is -2.25. The molecule has 2 aromatic rings. The largest absolute Gasteiger partial charge is 0.343 e. The van der Waals surface area contributed by atoms with Crippen molar-refractivity contribution in [2.24, 2.45) is 11.7 Å². The Bertz CT molecular complexity index is 878. The van der Waals surface area contributed by atoms with Crippen molar-refractivity contribution in [2.45, 2.75) is 52.2 Å². The van der Waals surface area contributed by atoms with E-state index in [1.807, 2.05) is 26.0 Å². The fourth-order valence-corrected chi connectivity index (χ4v) is 2.80. The molecule has 2 rings (SSSR count). The molecule has 0 aliphatic rings. The van der Waals surface area contributed by atoms with Crippen LogP contribution in [0.4, 0.5) is 5.69 Å². The van der Waals surface area contributed by atoms with E-state index >= 15 is 0 Å². The van der Waals surface area contributed by atoms with Crippen molar-refractivity contribution in [3.8, 4) is 0 Å². The van der Waals surface area contributed by atoms with E-state index in [4.69, 9.17) is 5.73 Å². The third-order valence-corrected chi connectivity index (χ3v) is 4.68. The number of benzene rings is 1. The molecule has 0 saturated heterocycles. The summed E-state index contributed by atoms with van der Waals surface area (Å²) >= 11 is 0. The van der Waals surface area contributed by atoms with Gasteiger partial charge >= 0.3 is 0 Å². The summed E-state index contributed by atoms with van der Waals surface area (Å²) in [4.78, 5) is 41.6. The maximum atomic E-state index is 12.7. The number of aromatic nitrogens is 1. The van der Waals surface area contributed by atoms with Crippen LogP contribution in [-0.4, -0.2) is 40.8 Å². The van der Waals surface area contributed by atoms with E-state index in [1.165, 1.54) is 0 Å². The van der Waals surface area contributed by atoms with Gasteiger partial charge in [-0.1, -0.05) is 26.8 Å². The highest BCUT2D eigenvalue weighted by atomic mass is 16.2. The van der Waals surface area contributed by atoms with Crippen molar-refractivity contribution in [1.29, 1.82) is 0 Å². The topological polar surface area (TPSA) is 126 Å². The fraction of sp³-hybridized carbons (Fsp3) is 0.429. The molecule has 0 aliphatic heterocycles. The lowest BCUT2D eigenvalue weighted by atomic mass is 10.0. The number of nitrogens with two attached hydrogens (primary N) is 1. The second kappa shape index (κ2) is 9.97. The third kappa shape index (κ3) is 5.74. The first-order valence-corrected chi connectivity index (χ1v) is 9.75. The Balaban J connectivity index is 2.05. The number of nitrogens with one attached hydrogen (secondary N) is 3. The molecule has 1 heterocycles. The molecule has 0 saturated carbocycles. The second-order valence-electron chi connectivity index (χ2n) is 7.34. The number of carbonyl (C=O) groups is 3. The van der Waals surface area contributed by atoms with Crippen molar-refractivity contribution in [3.05, 3.63) is 36.5 Å². The van der Waals surface area contributed by atoms with Gasteiger partial charge in [-0.15, -0.1) is 0 Å². The minimum Gasteiger partial charge on any atom is -0.343 e. The molecular weight excluding hydrogens is 370 g/mol. The number of carbonyl (C=O) groups excluding carboxylic acids is 3. The highest BCUT2D eigenvalue weighted by Crippen LogP contribution is 2.21. The zero-order valence-electron chi connectivity index (χ0n) is 17.2. The first-order chi connectivity index (χ1) is 13.7. The van der Waals surface area contributed by atoms with Crippen molar-refractivity contribution in [3.63, 3.8) is 0 Å². The Kier molecular flexibility index (Phi) is 7.67. The van der Waals surface area contributed by atoms with E-state index in [2.05, 4.69) is 20.9 Å². The van der Waals surface area contributed by atoms with E-state index in [0.717, 1.165) is 10.9 Å². The van der Waals surface area contributed by atoms with Crippen LogP contribution in [0.3, 0.4) is 0 Å². The lowest BCUT2D eigenvalue weighted by molar-refractivity contribution is -0.132. The van der Waals surface area contributed by atoms with Crippen LogP contribution in [0.1, 0.15) is 34.1 Å². The van der Waals surface area contributed by atoms with Crippen LogP contribution in [0.5, 0.6) is 0 Å². The maximum Gasteiger partial charge on any atom is 0.246 e. The number of pyridine rings is 1. The smallest absolute Gasteiger partial charge is 0.246 e. The lowest BCUT2D eigenvalue weighted by Crippen LogP contribution is -2.56. The number of rotatable bonds is 8. The molecule has 3 atom stereocenters. The summed E-state index contributed by atoms with van der Waals surface area (Å²) in [6.07, 6.45) is 2.15. The van der Waals surface area contributed by atoms with Gasteiger partial charge in [-0.05, 0) is 43.5 Å². The van der Waals surface area contributed by atoms with E-state index in [1.54, 1.807) is 38.2 Å². The molecule has 0 fully saturated rings. The van der Waals surface area contributed by atoms with E-state index < -0.39 is 24.0 Å². The summed E-state index contributed by atoms with van der Waals surface area (Å²) in [7, 11) is 0. The quantitative estimate of drug-likeness (QED) is 0.536. The zero-order valence-corrected chi connectivity index (χ0v) is 17.2. The van der Waals surface area contributed by atoms with Crippen LogP contribution >= 0.6 is 0 Å². The molecule has 0 spiro atoms. The molecule has 1 aromatic heterocycles. The standard InChI is InChI=1S/C21H29N5O3/c1-5-15(22)20(28)26-18(12(2)3)21(29)24-13(4)19(27)25-17-10-6-9-16-14(17)8-7-11-23-16/h6-13,15,18H,5,22H2,1-4H3,(H,24,29)(H,25,27)(H,26,28)/t13-,15-,18-/m0/s1. The highest BCUT2D eigenvalue weighted by Gasteiger charge is 2.28. The van der Waals surface area contributed by atoms with Gasteiger partial charge in [-0.2, -0.15) is 0 Å². The first-order valence-electron chi connectivity index (χ1n) is 9.75. The summed E-state index contributed by atoms with van der Waals surface area (Å²) in [5, 5.41) is 8.97. The average Bonchev–Trinajstić information content (AvgIpc) is 2.70. The van der Waals surface area contributed by atoms with Crippen LogP contribution in [0.25, 0.3) is 10.9 Å². The van der Waals surface area contributed by atoms with E-state index in [-0.39, 0.29) is 17.7 Å². The van der Waals surface area contributed by atoms with Gasteiger partial charge in [0.05, 0.1) is 17.2 Å². The molecular formula is C21H29N5O3. The Morgan fingerprint density at radius 1 is 1.00 bits per heavy atom. The molecule has 1 aromatic carbocycles. The van der Waals surface area contributed by atoms with E-state index in [0.29, 0.717) is 12.1 Å². The molecule has 0 unspecified atom stereocenters. The summed E-state index contributed by atoms with van der Waals surface area (Å²) < 4.78 is 0. The van der Waals surface area contributed by atoms with Gasteiger partial charge in [0.1, 0.15) is 12.1 Å². The highest BCUT2D eigenvalue weighted by molar-refractivity contribution is 6.04. The third-order valence-electron chi connectivity index (χ3n) is 4.68. The summed E-state index contributed by atoms with van der Waals surface area (Å²) in [6, 6.07) is 6.83. The number of hydrogen-bond donors (Lipinski definition) is 4. The molecule has 156 valence electrons. The normalized spacial score (nSPS) is 14.1. The number of anilines is 1. The summed E-state index contributed by atoms with van der Waals surface area (Å²) in [5.41, 5.74) is 7.11. The number of amides is 3. The monoisotopic (exact) mass is 399 g/mol. The van der Waals surface area contributed by atoms with E-state index in [9.17, 15) is 14.4 Å². The van der Waals surface area contributed by atoms with Crippen molar-refractivity contribution >= 4 is 34.3 Å². The van der Waals surface area contributed by atoms with Gasteiger partial charge in [0.25, 0.3) is 0 Å². The Morgan fingerprint density at radius 2 is 1.72 bits per heavy atom. The van der Waals surface area contributed by atoms with Crippen LogP contribution in [0.15, 0.2) is 36.5 Å². The fourth-order valence-electron chi connectivity index (χ4n) is 2.80. The van der Waals surface area contributed by atoms with Gasteiger partial charge in [0.15, 0.2) is 0 Å². The molecule has 5 N–H and O–H groups in total. The van der Waals surface area contributed by atoms with Gasteiger partial charge in [-0.25, -0.2) is 0 Å². The Hall–Kier alpha value is -3.00. The average molecular weight is 399 g/mol.